The Bertz CT molecular complexity index is 1060. The van der Waals surface area contributed by atoms with E-state index in [9.17, 15) is 17.6 Å². The Morgan fingerprint density at radius 1 is 1.11 bits per heavy atom. The molecule has 27 heavy (non-hydrogen) atoms. The van der Waals surface area contributed by atoms with E-state index in [1.54, 1.807) is 17.5 Å². The van der Waals surface area contributed by atoms with Gasteiger partial charge < -0.3 is 0 Å². The molecule has 0 aliphatic rings. The molecule has 0 aliphatic heterocycles. The molecule has 0 N–H and O–H groups in total. The summed E-state index contributed by atoms with van der Waals surface area (Å²) in [6, 6.07) is 11.8. The van der Waals surface area contributed by atoms with Crippen LogP contribution in [0.15, 0.2) is 58.8 Å². The molecule has 0 spiro atoms. The van der Waals surface area contributed by atoms with E-state index < -0.39 is 10.0 Å². The number of ketones is 1. The van der Waals surface area contributed by atoms with Crippen molar-refractivity contribution in [1.82, 2.24) is 9.29 Å². The lowest BCUT2D eigenvalue weighted by Gasteiger charge is -2.16. The Kier molecular flexibility index (Phi) is 5.50. The maximum Gasteiger partial charge on any atom is 0.243 e. The van der Waals surface area contributed by atoms with Crippen molar-refractivity contribution >= 4 is 27.1 Å². The maximum absolute atomic E-state index is 13.0. The highest BCUT2D eigenvalue weighted by Gasteiger charge is 2.22. The second-order valence-electron chi connectivity index (χ2n) is 5.99. The third-order valence-corrected chi connectivity index (χ3v) is 6.75. The van der Waals surface area contributed by atoms with Crippen molar-refractivity contribution in [3.8, 4) is 10.6 Å². The molecule has 0 saturated heterocycles. The number of sulfonamides is 1. The zero-order chi connectivity index (χ0) is 19.6. The fourth-order valence-corrected chi connectivity index (χ4v) is 4.42. The Morgan fingerprint density at radius 2 is 1.74 bits per heavy atom. The Balaban J connectivity index is 1.77. The van der Waals surface area contributed by atoms with Crippen molar-refractivity contribution in [2.24, 2.45) is 0 Å². The van der Waals surface area contributed by atoms with Crippen LogP contribution in [-0.4, -0.2) is 30.5 Å². The van der Waals surface area contributed by atoms with Gasteiger partial charge in [-0.1, -0.05) is 12.1 Å². The van der Waals surface area contributed by atoms with Crippen LogP contribution in [0.4, 0.5) is 4.39 Å². The third-order valence-electron chi connectivity index (χ3n) is 4.00. The van der Waals surface area contributed by atoms with Crippen molar-refractivity contribution in [3.63, 3.8) is 0 Å². The van der Waals surface area contributed by atoms with Gasteiger partial charge in [0.2, 0.25) is 10.0 Å². The van der Waals surface area contributed by atoms with Crippen LogP contribution in [0, 0.1) is 5.82 Å². The number of hydrogen-bond donors (Lipinski definition) is 0. The zero-order valence-corrected chi connectivity index (χ0v) is 16.3. The lowest BCUT2D eigenvalue weighted by atomic mass is 10.2. The second-order valence-corrected chi connectivity index (χ2v) is 8.90. The van der Waals surface area contributed by atoms with Crippen LogP contribution in [0.1, 0.15) is 23.0 Å². The van der Waals surface area contributed by atoms with Crippen LogP contribution in [0.25, 0.3) is 10.6 Å². The molecule has 0 atom stereocenters. The first-order chi connectivity index (χ1) is 12.8. The quantitative estimate of drug-likeness (QED) is 0.583. The first-order valence-corrected chi connectivity index (χ1v) is 10.4. The van der Waals surface area contributed by atoms with Gasteiger partial charge in [-0.3, -0.25) is 4.79 Å². The van der Waals surface area contributed by atoms with Crippen molar-refractivity contribution in [1.29, 1.82) is 0 Å². The van der Waals surface area contributed by atoms with E-state index in [-0.39, 0.29) is 23.0 Å². The number of nitrogens with zero attached hydrogens (tertiary/aromatic N) is 2. The molecule has 0 bridgehead atoms. The predicted octanol–water partition coefficient (Wildman–Crippen LogP) is 3.97. The fraction of sp³-hybridized carbons (Fsp3) is 0.158. The summed E-state index contributed by atoms with van der Waals surface area (Å²) in [6.07, 6.45) is 0. The number of Topliss-reactive ketones (excluding diaryl/α,β-unsaturated/α-hetero) is 1. The summed E-state index contributed by atoms with van der Waals surface area (Å²) in [5.41, 5.74) is 1.84. The molecular weight excluding hydrogens is 387 g/mol. The number of hydrogen-bond acceptors (Lipinski definition) is 5. The highest BCUT2D eigenvalue weighted by Crippen LogP contribution is 2.25. The van der Waals surface area contributed by atoms with E-state index in [0.29, 0.717) is 16.3 Å². The lowest BCUT2D eigenvalue weighted by molar-refractivity contribution is 0.101. The van der Waals surface area contributed by atoms with Gasteiger partial charge in [-0.25, -0.2) is 17.8 Å². The van der Waals surface area contributed by atoms with E-state index >= 15 is 0 Å². The monoisotopic (exact) mass is 404 g/mol. The number of rotatable bonds is 6. The molecule has 5 nitrogen and oxygen atoms in total. The first-order valence-electron chi connectivity index (χ1n) is 8.05. The summed E-state index contributed by atoms with van der Waals surface area (Å²) in [6.45, 7) is 1.53. The molecule has 1 aromatic heterocycles. The number of carbonyl (C=O) groups excluding carboxylic acids is 1. The van der Waals surface area contributed by atoms with E-state index in [4.69, 9.17) is 0 Å². The Morgan fingerprint density at radius 3 is 2.33 bits per heavy atom. The fourth-order valence-electron chi connectivity index (χ4n) is 2.46. The van der Waals surface area contributed by atoms with Crippen molar-refractivity contribution < 1.29 is 17.6 Å². The lowest BCUT2D eigenvalue weighted by Crippen LogP contribution is -2.26. The average Bonchev–Trinajstić information content (AvgIpc) is 3.10. The van der Waals surface area contributed by atoms with Gasteiger partial charge in [0.05, 0.1) is 17.1 Å². The number of thiazole rings is 1. The molecule has 1 heterocycles. The maximum atomic E-state index is 13.0. The summed E-state index contributed by atoms with van der Waals surface area (Å²) in [5.74, 6) is -0.444. The summed E-state index contributed by atoms with van der Waals surface area (Å²) in [7, 11) is -2.23. The molecule has 0 radical (unpaired) electrons. The van der Waals surface area contributed by atoms with Gasteiger partial charge in [0.15, 0.2) is 5.78 Å². The van der Waals surface area contributed by atoms with Gasteiger partial charge in [0.1, 0.15) is 10.8 Å². The van der Waals surface area contributed by atoms with E-state index in [1.165, 1.54) is 66.0 Å². The molecule has 0 amide bonds. The van der Waals surface area contributed by atoms with Crippen LogP contribution in [0.5, 0.6) is 0 Å². The van der Waals surface area contributed by atoms with Crippen molar-refractivity contribution in [2.45, 2.75) is 18.4 Å². The van der Waals surface area contributed by atoms with E-state index in [1.807, 2.05) is 0 Å². The average molecular weight is 404 g/mol. The summed E-state index contributed by atoms with van der Waals surface area (Å²) in [4.78, 5) is 15.9. The third kappa shape index (κ3) is 4.29. The van der Waals surface area contributed by atoms with Gasteiger partial charge in [-0.2, -0.15) is 4.31 Å². The van der Waals surface area contributed by atoms with Gasteiger partial charge >= 0.3 is 0 Å². The van der Waals surface area contributed by atoms with E-state index in [2.05, 4.69) is 4.98 Å². The minimum absolute atomic E-state index is 0.106. The number of carbonyl (C=O) groups is 1. The molecule has 140 valence electrons. The molecule has 0 unspecified atom stereocenters. The predicted molar refractivity (Wildman–Crippen MR) is 103 cm³/mol. The van der Waals surface area contributed by atoms with Crippen LogP contribution >= 0.6 is 11.3 Å². The number of benzene rings is 2. The molecule has 3 rings (SSSR count). The first kappa shape index (κ1) is 19.3. The summed E-state index contributed by atoms with van der Waals surface area (Å²) >= 11 is 1.37. The minimum Gasteiger partial charge on any atom is -0.295 e. The zero-order valence-electron chi connectivity index (χ0n) is 14.7. The van der Waals surface area contributed by atoms with Gasteiger partial charge in [-0.15, -0.1) is 11.3 Å². The Hall–Kier alpha value is -2.42. The van der Waals surface area contributed by atoms with Gasteiger partial charge in [0, 0.05) is 23.6 Å². The van der Waals surface area contributed by atoms with Gasteiger partial charge in [-0.05, 0) is 43.3 Å². The molecule has 0 aliphatic carbocycles. The summed E-state index contributed by atoms with van der Waals surface area (Å²) in [5, 5.41) is 2.48. The highest BCUT2D eigenvalue weighted by molar-refractivity contribution is 7.89. The van der Waals surface area contributed by atoms with Crippen LogP contribution in [0.3, 0.4) is 0 Å². The Labute approximate surface area is 161 Å². The normalized spacial score (nSPS) is 11.7. The SMILES string of the molecule is CC(=O)c1ccc(S(=O)(=O)N(C)Cc2csc(-c3ccc(F)cc3)n2)cc1. The minimum atomic E-state index is -3.70. The molecule has 8 heteroatoms. The van der Waals surface area contributed by atoms with Crippen LogP contribution in [-0.2, 0) is 16.6 Å². The molecular formula is C19H17FN2O3S2. The van der Waals surface area contributed by atoms with Crippen LogP contribution < -0.4 is 0 Å². The molecule has 2 aromatic carbocycles. The molecule has 0 saturated carbocycles. The summed E-state index contributed by atoms with van der Waals surface area (Å²) < 4.78 is 39.7. The van der Waals surface area contributed by atoms with Crippen molar-refractivity contribution in [3.05, 3.63) is 71.0 Å². The largest absolute Gasteiger partial charge is 0.295 e. The molecule has 0 fully saturated rings. The van der Waals surface area contributed by atoms with Crippen LogP contribution in [0.2, 0.25) is 0 Å². The standard InChI is InChI=1S/C19H17FN2O3S2/c1-13(23)14-5-9-18(10-6-14)27(24,25)22(2)11-17-12-26-19(21-17)15-3-7-16(20)8-4-15/h3-10,12H,11H2,1-2H3. The highest BCUT2D eigenvalue weighted by atomic mass is 32.2. The smallest absolute Gasteiger partial charge is 0.243 e. The number of aromatic nitrogens is 1. The van der Waals surface area contributed by atoms with E-state index in [0.717, 1.165) is 5.56 Å². The molecule has 3 aromatic rings. The number of halogens is 1. The second kappa shape index (κ2) is 7.67. The topological polar surface area (TPSA) is 67.3 Å². The van der Waals surface area contributed by atoms with Crippen molar-refractivity contribution in [2.75, 3.05) is 7.05 Å². The van der Waals surface area contributed by atoms with Gasteiger partial charge in [0.25, 0.3) is 0 Å².